The normalized spacial score (nSPS) is 30.6. The Hall–Kier alpha value is -2.17. The van der Waals surface area contributed by atoms with Crippen molar-refractivity contribution >= 4 is 34.2 Å². The number of carbonyl (C=O) groups excluding carboxylic acids is 1. The van der Waals surface area contributed by atoms with Crippen LogP contribution >= 0.6 is 11.6 Å². The third-order valence-corrected chi connectivity index (χ3v) is 13.8. The van der Waals surface area contributed by atoms with Crippen molar-refractivity contribution in [1.29, 1.82) is 0 Å². The third-order valence-electron chi connectivity index (χ3n) is 12.0. The molecule has 2 aromatic carbocycles. The van der Waals surface area contributed by atoms with E-state index in [4.69, 9.17) is 16.3 Å². The van der Waals surface area contributed by atoms with Crippen LogP contribution in [-0.4, -0.2) is 85.8 Å². The fourth-order valence-electron chi connectivity index (χ4n) is 8.73. The van der Waals surface area contributed by atoms with Gasteiger partial charge in [0.2, 0.25) is 0 Å². The van der Waals surface area contributed by atoms with Gasteiger partial charge in [0.1, 0.15) is 16.7 Å². The number of ether oxygens (including phenoxy) is 1. The maximum atomic E-state index is 13.5. The predicted octanol–water partition coefficient (Wildman–Crippen LogP) is 6.40. The quantitative estimate of drug-likeness (QED) is 0.329. The summed E-state index contributed by atoms with van der Waals surface area (Å²) in [7, 11) is -1.47. The highest BCUT2D eigenvalue weighted by Gasteiger charge is 2.40. The zero-order valence-electron chi connectivity index (χ0n) is 30.6. The van der Waals surface area contributed by atoms with E-state index in [0.29, 0.717) is 29.9 Å². The van der Waals surface area contributed by atoms with Crippen LogP contribution in [0.4, 0.5) is 5.69 Å². The van der Waals surface area contributed by atoms with Gasteiger partial charge in [-0.3, -0.25) is 9.52 Å². The van der Waals surface area contributed by atoms with E-state index in [1.165, 1.54) is 36.8 Å². The molecule has 0 aromatic heterocycles. The molecule has 3 heterocycles. The molecular weight excluding hydrogens is 666 g/mol. The summed E-state index contributed by atoms with van der Waals surface area (Å²) in [6.07, 6.45) is 9.07. The van der Waals surface area contributed by atoms with Crippen molar-refractivity contribution < 1.29 is 13.7 Å². The van der Waals surface area contributed by atoms with Gasteiger partial charge in [0.05, 0.1) is 17.5 Å². The second kappa shape index (κ2) is 18.0. The molecule has 4 aliphatic rings. The largest absolute Gasteiger partial charge is 0.491 e. The van der Waals surface area contributed by atoms with Gasteiger partial charge in [-0.15, -0.1) is 0 Å². The highest BCUT2D eigenvalue weighted by atomic mass is 35.5. The molecule has 50 heavy (non-hydrogen) atoms. The Balaban J connectivity index is 1.32. The topological polar surface area (TPSA) is 85.9 Å². The second-order valence-electron chi connectivity index (χ2n) is 15.4. The average molecular weight is 726 g/mol. The molecule has 10 heteroatoms. The minimum atomic E-state index is -1.47. The lowest BCUT2D eigenvalue weighted by molar-refractivity contribution is 0.0691. The average Bonchev–Trinajstić information content (AvgIpc) is 3.27. The van der Waals surface area contributed by atoms with Crippen molar-refractivity contribution in [3.8, 4) is 5.75 Å². The highest BCUT2D eigenvalue weighted by Crippen LogP contribution is 2.45. The number of anilines is 1. The van der Waals surface area contributed by atoms with Crippen molar-refractivity contribution in [2.45, 2.75) is 83.3 Å². The van der Waals surface area contributed by atoms with Crippen molar-refractivity contribution in [3.63, 3.8) is 0 Å². The van der Waals surface area contributed by atoms with Crippen LogP contribution in [0.5, 0.6) is 5.75 Å². The summed E-state index contributed by atoms with van der Waals surface area (Å²) in [6.45, 7) is 16.3. The van der Waals surface area contributed by atoms with Gasteiger partial charge in [-0.1, -0.05) is 44.4 Å². The van der Waals surface area contributed by atoms with Crippen molar-refractivity contribution in [2.24, 2.45) is 23.7 Å². The van der Waals surface area contributed by atoms with Crippen LogP contribution in [0.2, 0.25) is 5.02 Å². The molecule has 1 amide bonds. The molecule has 1 aliphatic carbocycles. The monoisotopic (exact) mass is 725 g/mol. The summed E-state index contributed by atoms with van der Waals surface area (Å²) >= 11 is 6.50. The first-order valence-electron chi connectivity index (χ1n) is 19.5. The van der Waals surface area contributed by atoms with Crippen LogP contribution in [0.15, 0.2) is 36.4 Å². The van der Waals surface area contributed by atoms with Crippen LogP contribution in [0, 0.1) is 23.7 Å². The molecule has 276 valence electrons. The molecule has 7 atom stereocenters. The summed E-state index contributed by atoms with van der Waals surface area (Å²) in [5.41, 5.74) is 4.11. The number of benzene rings is 2. The van der Waals surface area contributed by atoms with E-state index in [0.717, 1.165) is 101 Å². The van der Waals surface area contributed by atoms with E-state index >= 15 is 0 Å². The maximum Gasteiger partial charge on any atom is 0.263 e. The van der Waals surface area contributed by atoms with Gasteiger partial charge < -0.3 is 25.2 Å². The van der Waals surface area contributed by atoms with E-state index in [9.17, 15) is 9.00 Å². The Morgan fingerprint density at radius 1 is 0.940 bits per heavy atom. The van der Waals surface area contributed by atoms with Gasteiger partial charge in [-0.25, -0.2) is 4.21 Å². The van der Waals surface area contributed by atoms with Gasteiger partial charge in [-0.05, 0) is 124 Å². The number of hydrogen-bond acceptors (Lipinski definition) is 7. The zero-order chi connectivity index (χ0) is 35.0. The van der Waals surface area contributed by atoms with E-state index in [1.54, 1.807) is 0 Å². The smallest absolute Gasteiger partial charge is 0.263 e. The van der Waals surface area contributed by atoms with Gasteiger partial charge in [-0.2, -0.15) is 0 Å². The SMILES string of the molecule is CCCc1cc(Cl)ccc1C1COc2ccc3cc2N(C1)CC1CCC1C(CN1CCCNCCNCC1)CCCC(C)C(C)S(=O)NC3=O. The number of rotatable bonds is 5. The van der Waals surface area contributed by atoms with Crippen LogP contribution in [-0.2, 0) is 17.4 Å². The van der Waals surface area contributed by atoms with Crippen molar-refractivity contribution in [3.05, 3.63) is 58.1 Å². The molecule has 0 spiro atoms. The third kappa shape index (κ3) is 9.43. The second-order valence-corrected chi connectivity index (χ2v) is 17.4. The summed E-state index contributed by atoms with van der Waals surface area (Å²) in [5, 5.41) is 7.87. The first kappa shape index (κ1) is 37.6. The molecular formula is C40H60ClN5O3S. The van der Waals surface area contributed by atoms with Crippen molar-refractivity contribution in [1.82, 2.24) is 20.3 Å². The van der Waals surface area contributed by atoms with Crippen LogP contribution in [0.1, 0.15) is 93.1 Å². The van der Waals surface area contributed by atoms with Crippen LogP contribution in [0.25, 0.3) is 0 Å². The number of hydrogen-bond donors (Lipinski definition) is 3. The van der Waals surface area contributed by atoms with E-state index < -0.39 is 11.0 Å². The number of fused-ring (bicyclic) bond motifs is 2. The Morgan fingerprint density at radius 3 is 2.58 bits per heavy atom. The molecule has 7 unspecified atom stereocenters. The zero-order valence-corrected chi connectivity index (χ0v) is 32.1. The fraction of sp³-hybridized carbons (Fsp3) is 0.675. The van der Waals surface area contributed by atoms with Crippen LogP contribution in [0.3, 0.4) is 0 Å². The van der Waals surface area contributed by atoms with E-state index in [1.807, 2.05) is 31.2 Å². The summed E-state index contributed by atoms with van der Waals surface area (Å²) < 4.78 is 22.9. The van der Waals surface area contributed by atoms with E-state index in [2.05, 4.69) is 51.1 Å². The van der Waals surface area contributed by atoms with Gasteiger partial charge in [0.15, 0.2) is 0 Å². The molecule has 6 rings (SSSR count). The number of carbonyl (C=O) groups is 1. The Labute approximate surface area is 308 Å². The minimum Gasteiger partial charge on any atom is -0.491 e. The molecule has 8 nitrogen and oxygen atoms in total. The molecule has 3 N–H and O–H groups in total. The molecule has 0 radical (unpaired) electrons. The fourth-order valence-corrected chi connectivity index (χ4v) is 9.97. The number of aryl methyl sites for hydroxylation is 1. The molecule has 1 saturated carbocycles. The molecule has 3 aliphatic heterocycles. The summed E-state index contributed by atoms with van der Waals surface area (Å²) in [4.78, 5) is 18.8. The summed E-state index contributed by atoms with van der Waals surface area (Å²) in [5.74, 6) is 2.83. The molecule has 2 bridgehead atoms. The lowest BCUT2D eigenvalue weighted by Crippen LogP contribution is -2.47. The Kier molecular flexibility index (Phi) is 13.6. The van der Waals surface area contributed by atoms with Gasteiger partial charge >= 0.3 is 0 Å². The summed E-state index contributed by atoms with van der Waals surface area (Å²) in [6, 6.07) is 12.1. The van der Waals surface area contributed by atoms with Gasteiger partial charge in [0.25, 0.3) is 5.91 Å². The highest BCUT2D eigenvalue weighted by molar-refractivity contribution is 7.84. The maximum absolute atomic E-state index is 13.5. The van der Waals surface area contributed by atoms with E-state index in [-0.39, 0.29) is 23.0 Å². The lowest BCUT2D eigenvalue weighted by atomic mass is 9.65. The predicted molar refractivity (Wildman–Crippen MR) is 207 cm³/mol. The standard InChI is InChI=1S/C40H60ClN5O3S/c1-4-7-30-22-35(41)12-14-36(30)34-26-46-25-33-10-13-37(33)32(24-45-20-6-16-42-17-18-43-19-21-45)9-5-8-28(2)29(3)50(48)44-40(47)31-11-15-39(49-27-34)38(46)23-31/h11-12,14-15,22-23,28-29,32-34,37,42-43H,4-10,13,16-21,24-27H2,1-3H3,(H,44,47). The first-order valence-corrected chi connectivity index (χ1v) is 21.0. The first-order chi connectivity index (χ1) is 24.3. The molecule has 2 fully saturated rings. The number of amides is 1. The lowest BCUT2D eigenvalue weighted by Gasteiger charge is -2.46. The number of nitrogens with one attached hydrogen (secondary N) is 3. The minimum absolute atomic E-state index is 0.125. The molecule has 2 aromatic rings. The van der Waals surface area contributed by atoms with Gasteiger partial charge in [0, 0.05) is 62.3 Å². The number of halogens is 1. The Morgan fingerprint density at radius 2 is 1.78 bits per heavy atom. The Bertz CT molecular complexity index is 1450. The van der Waals surface area contributed by atoms with Crippen LogP contribution < -0.4 is 25.0 Å². The molecule has 1 saturated heterocycles. The van der Waals surface area contributed by atoms with Crippen molar-refractivity contribution in [2.75, 3.05) is 70.4 Å². The number of nitrogens with zero attached hydrogens (tertiary/aromatic N) is 2.